The van der Waals surface area contributed by atoms with Crippen LogP contribution in [-0.4, -0.2) is 38.3 Å². The van der Waals surface area contributed by atoms with Crippen molar-refractivity contribution in [1.82, 2.24) is 14.7 Å². The minimum absolute atomic E-state index is 0.0331. The summed E-state index contributed by atoms with van der Waals surface area (Å²) in [4.78, 5) is 13.3. The second-order valence-corrected chi connectivity index (χ2v) is 4.04. The summed E-state index contributed by atoms with van der Waals surface area (Å²) < 4.78 is 1.84. The molecule has 2 heterocycles. The first kappa shape index (κ1) is 11.1. The molecule has 88 valence electrons. The lowest BCUT2D eigenvalue weighted by Crippen LogP contribution is -2.47. The van der Waals surface area contributed by atoms with Crippen LogP contribution in [0.1, 0.15) is 18.3 Å². The highest BCUT2D eigenvalue weighted by Crippen LogP contribution is 2.18. The number of hydrogen-bond acceptors (Lipinski definition) is 4. The van der Waals surface area contributed by atoms with E-state index >= 15 is 0 Å². The van der Waals surface area contributed by atoms with Crippen LogP contribution in [0.25, 0.3) is 0 Å². The molecule has 16 heavy (non-hydrogen) atoms. The van der Waals surface area contributed by atoms with Crippen molar-refractivity contribution in [2.24, 2.45) is 5.73 Å². The van der Waals surface area contributed by atoms with Gasteiger partial charge in [-0.3, -0.25) is 9.48 Å². The van der Waals surface area contributed by atoms with Crippen molar-refractivity contribution in [3.8, 4) is 0 Å². The fourth-order valence-electron chi connectivity index (χ4n) is 2.01. The first-order chi connectivity index (χ1) is 7.65. The van der Waals surface area contributed by atoms with Gasteiger partial charge in [0.15, 0.2) is 0 Å². The van der Waals surface area contributed by atoms with Crippen LogP contribution in [0.5, 0.6) is 0 Å². The number of carbonyl (C=O) groups is 1. The van der Waals surface area contributed by atoms with E-state index < -0.39 is 0 Å². The van der Waals surface area contributed by atoms with E-state index in [4.69, 9.17) is 10.8 Å². The average Bonchev–Trinajstić information content (AvgIpc) is 2.68. The maximum absolute atomic E-state index is 11.6. The van der Waals surface area contributed by atoms with Gasteiger partial charge < -0.3 is 15.7 Å². The number of aliphatic hydroxyl groups is 1. The lowest BCUT2D eigenvalue weighted by molar-refractivity contribution is -0.133. The Bertz CT molecular complexity index is 402. The molecule has 2 rings (SSSR count). The molecule has 1 aromatic rings. The van der Waals surface area contributed by atoms with Crippen LogP contribution in [0.3, 0.4) is 0 Å². The average molecular weight is 224 g/mol. The molecular weight excluding hydrogens is 208 g/mol. The van der Waals surface area contributed by atoms with E-state index in [0.717, 1.165) is 5.69 Å². The number of aliphatic hydroxyl groups excluding tert-OH is 1. The minimum Gasteiger partial charge on any atom is -0.390 e. The summed E-state index contributed by atoms with van der Waals surface area (Å²) in [6.45, 7) is 3.10. The fourth-order valence-corrected chi connectivity index (χ4v) is 2.01. The fraction of sp³-hybridized carbons (Fsp3) is 0.600. The number of fused-ring (bicyclic) bond motifs is 1. The zero-order chi connectivity index (χ0) is 11.7. The second kappa shape index (κ2) is 4.23. The highest BCUT2D eigenvalue weighted by molar-refractivity contribution is 5.78. The van der Waals surface area contributed by atoms with Gasteiger partial charge in [0, 0.05) is 6.04 Å². The van der Waals surface area contributed by atoms with Gasteiger partial charge in [0.05, 0.1) is 37.6 Å². The van der Waals surface area contributed by atoms with Crippen molar-refractivity contribution in [3.05, 3.63) is 17.5 Å². The predicted octanol–water partition coefficient (Wildman–Crippen LogP) is -0.935. The number of carbonyl (C=O) groups excluding carboxylic acids is 1. The summed E-state index contributed by atoms with van der Waals surface area (Å²) in [7, 11) is 0. The van der Waals surface area contributed by atoms with Gasteiger partial charge in [-0.1, -0.05) is 0 Å². The number of nitrogens with two attached hydrogens (primary N) is 1. The molecule has 1 aliphatic rings. The first-order valence-electron chi connectivity index (χ1n) is 5.31. The maximum Gasteiger partial charge on any atom is 0.236 e. The van der Waals surface area contributed by atoms with E-state index in [1.807, 2.05) is 17.7 Å². The zero-order valence-corrected chi connectivity index (χ0v) is 9.26. The van der Waals surface area contributed by atoms with Crippen LogP contribution in [0.2, 0.25) is 0 Å². The third-order valence-electron chi connectivity index (χ3n) is 2.87. The zero-order valence-electron chi connectivity index (χ0n) is 9.26. The Morgan fingerprint density at radius 1 is 1.75 bits per heavy atom. The molecule has 0 spiro atoms. The summed E-state index contributed by atoms with van der Waals surface area (Å²) >= 11 is 0. The molecule has 0 fully saturated rings. The number of nitrogens with zero attached hydrogens (tertiary/aromatic N) is 3. The minimum atomic E-state index is -0.0702. The SMILES string of the molecule is C[C@H]1Cn2nc(CO)cc2CN1C(=O)CN. The van der Waals surface area contributed by atoms with E-state index in [1.54, 1.807) is 4.90 Å². The van der Waals surface area contributed by atoms with Gasteiger partial charge in [-0.2, -0.15) is 5.10 Å². The van der Waals surface area contributed by atoms with Crippen molar-refractivity contribution in [2.45, 2.75) is 32.7 Å². The molecule has 0 aromatic carbocycles. The number of hydrogen-bond donors (Lipinski definition) is 2. The molecule has 0 aliphatic carbocycles. The van der Waals surface area contributed by atoms with E-state index in [0.29, 0.717) is 18.8 Å². The van der Waals surface area contributed by atoms with Crippen LogP contribution in [0.4, 0.5) is 0 Å². The molecule has 0 saturated carbocycles. The molecule has 1 aliphatic heterocycles. The van der Waals surface area contributed by atoms with Crippen molar-refractivity contribution in [1.29, 1.82) is 0 Å². The van der Waals surface area contributed by atoms with Crippen molar-refractivity contribution in [3.63, 3.8) is 0 Å². The Hall–Kier alpha value is -1.40. The molecule has 3 N–H and O–H groups in total. The van der Waals surface area contributed by atoms with Crippen LogP contribution in [0.15, 0.2) is 6.07 Å². The Labute approximate surface area is 93.6 Å². The topological polar surface area (TPSA) is 84.4 Å². The summed E-state index contributed by atoms with van der Waals surface area (Å²) in [5.74, 6) is -0.0505. The monoisotopic (exact) mass is 224 g/mol. The second-order valence-electron chi connectivity index (χ2n) is 4.04. The third-order valence-corrected chi connectivity index (χ3v) is 2.87. The summed E-state index contributed by atoms with van der Waals surface area (Å²) in [6, 6.07) is 1.91. The van der Waals surface area contributed by atoms with Crippen LogP contribution >= 0.6 is 0 Å². The molecule has 0 saturated heterocycles. The predicted molar refractivity (Wildman–Crippen MR) is 57.2 cm³/mol. The Morgan fingerprint density at radius 2 is 2.50 bits per heavy atom. The molecule has 0 unspecified atom stereocenters. The van der Waals surface area contributed by atoms with Gasteiger partial charge >= 0.3 is 0 Å². The largest absolute Gasteiger partial charge is 0.390 e. The van der Waals surface area contributed by atoms with Gasteiger partial charge in [0.2, 0.25) is 5.91 Å². The maximum atomic E-state index is 11.6. The van der Waals surface area contributed by atoms with E-state index in [1.165, 1.54) is 0 Å². The molecular formula is C10H16N4O2. The summed E-state index contributed by atoms with van der Waals surface area (Å²) in [5.41, 5.74) is 6.95. The van der Waals surface area contributed by atoms with Gasteiger partial charge in [0.1, 0.15) is 0 Å². The number of amides is 1. The van der Waals surface area contributed by atoms with Crippen LogP contribution in [-0.2, 0) is 24.5 Å². The summed E-state index contributed by atoms with van der Waals surface area (Å²) in [6.07, 6.45) is 0. The lowest BCUT2D eigenvalue weighted by atomic mass is 10.2. The highest BCUT2D eigenvalue weighted by atomic mass is 16.3. The quantitative estimate of drug-likeness (QED) is 0.679. The number of aromatic nitrogens is 2. The van der Waals surface area contributed by atoms with E-state index in [9.17, 15) is 4.79 Å². The van der Waals surface area contributed by atoms with Crippen LogP contribution < -0.4 is 5.73 Å². The van der Waals surface area contributed by atoms with E-state index in [-0.39, 0.29) is 25.1 Å². The van der Waals surface area contributed by atoms with Gasteiger partial charge in [-0.25, -0.2) is 0 Å². The van der Waals surface area contributed by atoms with Gasteiger partial charge in [-0.15, -0.1) is 0 Å². The molecule has 1 atom stereocenters. The smallest absolute Gasteiger partial charge is 0.236 e. The molecule has 0 bridgehead atoms. The molecule has 1 aromatic heterocycles. The summed E-state index contributed by atoms with van der Waals surface area (Å²) in [5, 5.41) is 13.2. The third kappa shape index (κ3) is 1.81. The van der Waals surface area contributed by atoms with E-state index in [2.05, 4.69) is 5.10 Å². The Morgan fingerprint density at radius 3 is 3.12 bits per heavy atom. The molecule has 6 nitrogen and oxygen atoms in total. The first-order valence-corrected chi connectivity index (χ1v) is 5.31. The Kier molecular flexibility index (Phi) is 2.93. The molecule has 6 heteroatoms. The van der Waals surface area contributed by atoms with Crippen molar-refractivity contribution < 1.29 is 9.90 Å². The highest BCUT2D eigenvalue weighted by Gasteiger charge is 2.26. The molecule has 0 radical (unpaired) electrons. The van der Waals surface area contributed by atoms with Crippen LogP contribution in [0, 0.1) is 0 Å². The Balaban J connectivity index is 2.23. The molecule has 1 amide bonds. The van der Waals surface area contributed by atoms with Crippen molar-refractivity contribution in [2.75, 3.05) is 6.54 Å². The standard InChI is InChI=1S/C10H16N4O2/c1-7-4-14-9(2-8(6-15)12-14)5-13(7)10(16)3-11/h2,7,15H,3-6,11H2,1H3/t7-/m0/s1. The van der Waals surface area contributed by atoms with Gasteiger partial charge in [0.25, 0.3) is 0 Å². The number of rotatable bonds is 2. The van der Waals surface area contributed by atoms with Crippen molar-refractivity contribution >= 4 is 5.91 Å². The normalized spacial score (nSPS) is 19.7. The van der Waals surface area contributed by atoms with Gasteiger partial charge in [-0.05, 0) is 13.0 Å². The lowest BCUT2D eigenvalue weighted by Gasteiger charge is -2.33.